The van der Waals surface area contributed by atoms with Gasteiger partial charge in [-0.1, -0.05) is 20.3 Å². The molecule has 0 radical (unpaired) electrons. The minimum absolute atomic E-state index is 0.255. The highest BCUT2D eigenvalue weighted by molar-refractivity contribution is 5.76. The summed E-state index contributed by atoms with van der Waals surface area (Å²) >= 11 is 0. The predicted octanol–water partition coefficient (Wildman–Crippen LogP) is 2.34. The average Bonchev–Trinajstić information content (AvgIpc) is 1.96. The number of carbonyl (C=O) groups excluding carboxylic acids is 1. The number of amides is 1. The Hall–Kier alpha value is -0.530. The first-order valence-corrected chi connectivity index (χ1v) is 5.45. The molecule has 0 heterocycles. The molecule has 0 bridgehead atoms. The largest absolute Gasteiger partial charge is 0.356 e. The number of nitrogens with one attached hydrogen (secondary N) is 1. The van der Waals surface area contributed by atoms with Gasteiger partial charge in [-0.25, -0.2) is 0 Å². The highest BCUT2D eigenvalue weighted by Crippen LogP contribution is 2.28. The molecule has 76 valence electrons. The van der Waals surface area contributed by atoms with Crippen LogP contribution in [0, 0.1) is 11.8 Å². The summed E-state index contributed by atoms with van der Waals surface area (Å²) in [5.74, 6) is 1.63. The van der Waals surface area contributed by atoms with E-state index in [1.807, 2.05) is 0 Å². The molecule has 0 spiro atoms. The number of hydrogen-bond donors (Lipinski definition) is 1. The minimum Gasteiger partial charge on any atom is -0.356 e. The summed E-state index contributed by atoms with van der Waals surface area (Å²) in [6.07, 6.45) is 5.70. The molecule has 0 aliphatic heterocycles. The molecule has 0 aromatic carbocycles. The number of rotatable bonds is 5. The van der Waals surface area contributed by atoms with Gasteiger partial charge in [-0.05, 0) is 31.1 Å². The van der Waals surface area contributed by atoms with E-state index in [2.05, 4.69) is 19.2 Å². The van der Waals surface area contributed by atoms with Crippen LogP contribution < -0.4 is 5.32 Å². The van der Waals surface area contributed by atoms with E-state index in [0.717, 1.165) is 19.4 Å². The monoisotopic (exact) mass is 183 g/mol. The lowest BCUT2D eigenvalue weighted by molar-refractivity contribution is -0.122. The minimum atomic E-state index is 0.255. The Morgan fingerprint density at radius 2 is 2.15 bits per heavy atom. The Bertz CT molecular complexity index is 161. The smallest absolute Gasteiger partial charge is 0.220 e. The molecule has 0 saturated heterocycles. The summed E-state index contributed by atoms with van der Waals surface area (Å²) < 4.78 is 0. The molecule has 1 rings (SSSR count). The molecule has 13 heavy (non-hydrogen) atoms. The van der Waals surface area contributed by atoms with Crippen molar-refractivity contribution in [2.45, 2.75) is 46.0 Å². The van der Waals surface area contributed by atoms with E-state index in [-0.39, 0.29) is 5.91 Å². The summed E-state index contributed by atoms with van der Waals surface area (Å²) in [7, 11) is 0. The van der Waals surface area contributed by atoms with Crippen LogP contribution in [-0.2, 0) is 4.79 Å². The molecule has 1 fully saturated rings. The van der Waals surface area contributed by atoms with Gasteiger partial charge in [0.15, 0.2) is 0 Å². The lowest BCUT2D eigenvalue weighted by Gasteiger charge is -2.24. The van der Waals surface area contributed by atoms with Crippen molar-refractivity contribution < 1.29 is 4.79 Å². The third-order valence-electron chi connectivity index (χ3n) is 2.74. The topological polar surface area (TPSA) is 29.1 Å². The van der Waals surface area contributed by atoms with Crippen LogP contribution in [0.3, 0.4) is 0 Å². The first-order chi connectivity index (χ1) is 6.18. The highest BCUT2D eigenvalue weighted by Gasteiger charge is 2.20. The van der Waals surface area contributed by atoms with Gasteiger partial charge in [-0.15, -0.1) is 0 Å². The van der Waals surface area contributed by atoms with Crippen LogP contribution in [0.5, 0.6) is 0 Å². The maximum atomic E-state index is 11.3. The Kier molecular flexibility index (Phi) is 4.26. The first-order valence-electron chi connectivity index (χ1n) is 5.45. The SMILES string of the molecule is CC(C)CCNC(=O)CC1CCC1. The second kappa shape index (κ2) is 5.25. The van der Waals surface area contributed by atoms with Crippen molar-refractivity contribution in [3.63, 3.8) is 0 Å². The van der Waals surface area contributed by atoms with Gasteiger partial charge in [-0.3, -0.25) is 4.79 Å². The maximum Gasteiger partial charge on any atom is 0.220 e. The van der Waals surface area contributed by atoms with Crippen molar-refractivity contribution >= 4 is 5.91 Å². The van der Waals surface area contributed by atoms with E-state index < -0.39 is 0 Å². The van der Waals surface area contributed by atoms with Crippen LogP contribution in [0.15, 0.2) is 0 Å². The Morgan fingerprint density at radius 3 is 2.62 bits per heavy atom. The van der Waals surface area contributed by atoms with E-state index in [1.165, 1.54) is 19.3 Å². The van der Waals surface area contributed by atoms with E-state index in [0.29, 0.717) is 11.8 Å². The second-order valence-corrected chi connectivity index (χ2v) is 4.53. The van der Waals surface area contributed by atoms with Gasteiger partial charge >= 0.3 is 0 Å². The molecule has 0 atom stereocenters. The summed E-state index contributed by atoms with van der Waals surface area (Å²) in [5, 5.41) is 2.97. The zero-order chi connectivity index (χ0) is 9.68. The van der Waals surface area contributed by atoms with Crippen LogP contribution in [0.4, 0.5) is 0 Å². The van der Waals surface area contributed by atoms with Crippen molar-refractivity contribution in [3.05, 3.63) is 0 Å². The predicted molar refractivity (Wildman–Crippen MR) is 54.4 cm³/mol. The van der Waals surface area contributed by atoms with Gasteiger partial charge in [0.1, 0.15) is 0 Å². The molecule has 0 unspecified atom stereocenters. The molecule has 1 amide bonds. The lowest BCUT2D eigenvalue weighted by atomic mass is 9.83. The standard InChI is InChI=1S/C11H21NO/c1-9(2)6-7-12-11(13)8-10-4-3-5-10/h9-10H,3-8H2,1-2H3,(H,12,13). The van der Waals surface area contributed by atoms with E-state index >= 15 is 0 Å². The third-order valence-corrected chi connectivity index (χ3v) is 2.74. The normalized spacial score (nSPS) is 17.2. The average molecular weight is 183 g/mol. The highest BCUT2D eigenvalue weighted by atomic mass is 16.1. The summed E-state index contributed by atoms with van der Waals surface area (Å²) in [6, 6.07) is 0. The quantitative estimate of drug-likeness (QED) is 0.696. The van der Waals surface area contributed by atoms with Gasteiger partial charge in [-0.2, -0.15) is 0 Å². The van der Waals surface area contributed by atoms with E-state index in [9.17, 15) is 4.79 Å². The number of carbonyl (C=O) groups is 1. The maximum absolute atomic E-state index is 11.3. The van der Waals surface area contributed by atoms with Crippen molar-refractivity contribution in [2.75, 3.05) is 6.54 Å². The van der Waals surface area contributed by atoms with Crippen molar-refractivity contribution in [1.29, 1.82) is 0 Å². The van der Waals surface area contributed by atoms with Gasteiger partial charge in [0, 0.05) is 13.0 Å². The molecular weight excluding hydrogens is 162 g/mol. The van der Waals surface area contributed by atoms with Crippen LogP contribution in [0.1, 0.15) is 46.0 Å². The van der Waals surface area contributed by atoms with Crippen molar-refractivity contribution in [1.82, 2.24) is 5.32 Å². The Morgan fingerprint density at radius 1 is 1.46 bits per heavy atom. The molecule has 2 nitrogen and oxygen atoms in total. The second-order valence-electron chi connectivity index (χ2n) is 4.53. The van der Waals surface area contributed by atoms with Crippen LogP contribution >= 0.6 is 0 Å². The Labute approximate surface area is 81.1 Å². The van der Waals surface area contributed by atoms with Crippen molar-refractivity contribution in [2.24, 2.45) is 11.8 Å². The fourth-order valence-electron chi connectivity index (χ4n) is 1.53. The van der Waals surface area contributed by atoms with E-state index in [4.69, 9.17) is 0 Å². The van der Waals surface area contributed by atoms with Gasteiger partial charge in [0.2, 0.25) is 5.91 Å². The fourth-order valence-corrected chi connectivity index (χ4v) is 1.53. The van der Waals surface area contributed by atoms with Crippen LogP contribution in [0.25, 0.3) is 0 Å². The molecule has 1 saturated carbocycles. The fraction of sp³-hybridized carbons (Fsp3) is 0.909. The zero-order valence-corrected chi connectivity index (χ0v) is 8.81. The lowest BCUT2D eigenvalue weighted by Crippen LogP contribution is -2.29. The summed E-state index contributed by atoms with van der Waals surface area (Å²) in [6.45, 7) is 5.21. The summed E-state index contributed by atoms with van der Waals surface area (Å²) in [4.78, 5) is 11.3. The van der Waals surface area contributed by atoms with Gasteiger partial charge in [0.05, 0.1) is 0 Å². The zero-order valence-electron chi connectivity index (χ0n) is 8.81. The number of hydrogen-bond acceptors (Lipinski definition) is 1. The Balaban J connectivity index is 1.97. The molecule has 2 heteroatoms. The van der Waals surface area contributed by atoms with Crippen LogP contribution in [-0.4, -0.2) is 12.5 Å². The first kappa shape index (κ1) is 10.6. The molecule has 0 aromatic rings. The van der Waals surface area contributed by atoms with Gasteiger partial charge in [0.25, 0.3) is 0 Å². The molecule has 0 aromatic heterocycles. The summed E-state index contributed by atoms with van der Waals surface area (Å²) in [5.41, 5.74) is 0. The third kappa shape index (κ3) is 4.30. The van der Waals surface area contributed by atoms with Gasteiger partial charge < -0.3 is 5.32 Å². The molecule has 1 aliphatic rings. The van der Waals surface area contributed by atoms with Crippen LogP contribution in [0.2, 0.25) is 0 Å². The van der Waals surface area contributed by atoms with E-state index in [1.54, 1.807) is 0 Å². The van der Waals surface area contributed by atoms with Crippen molar-refractivity contribution in [3.8, 4) is 0 Å². The molecular formula is C11H21NO. The molecule has 1 N–H and O–H groups in total. The molecule has 1 aliphatic carbocycles.